The first kappa shape index (κ1) is 43.2. The molecule has 1 aliphatic rings. The molecule has 0 bridgehead atoms. The van der Waals surface area contributed by atoms with Crippen molar-refractivity contribution >= 4 is 33.2 Å². The monoisotopic (exact) mass is 480 g/mol. The van der Waals surface area contributed by atoms with E-state index in [0.29, 0.717) is 0 Å². The molecule has 1 aliphatic carbocycles. The number of sulfone groups is 1. The maximum Gasteiger partial charge on any atom is 0.303 e. The molecule has 0 radical (unpaired) electrons. The Balaban J connectivity index is -0.0000000582. The topological polar surface area (TPSA) is 107 Å². The van der Waals surface area contributed by atoms with Gasteiger partial charge in [-0.3, -0.25) is 4.79 Å². The first-order valence-electron chi connectivity index (χ1n) is 9.67. The number of rotatable bonds is 0. The van der Waals surface area contributed by atoms with Gasteiger partial charge in [-0.1, -0.05) is 26.7 Å². The second kappa shape index (κ2) is 30.5. The number of carbonyl (C=O) groups excluding carboxylic acids is 2. The Hall–Kier alpha value is -0.700. The normalized spacial score (nSPS) is 11.0. The molecule has 0 spiro atoms. The number of halogens is 1. The molecule has 188 valence electrons. The Labute approximate surface area is 191 Å². The zero-order chi connectivity index (χ0) is 26.0. The predicted molar refractivity (Wildman–Crippen MR) is 129 cm³/mol. The molecule has 1 N–H and O–H groups in total. The second-order valence-corrected chi connectivity index (χ2v) is 10.3. The van der Waals surface area contributed by atoms with Gasteiger partial charge >= 0.3 is 5.97 Å². The minimum Gasteiger partial charge on any atom is -0.460 e. The molecule has 1 fully saturated rings. The number of aliphatic hydroxyl groups is 1. The van der Waals surface area contributed by atoms with Gasteiger partial charge in [0, 0.05) is 46.1 Å². The van der Waals surface area contributed by atoms with Crippen LogP contribution < -0.4 is 0 Å². The summed E-state index contributed by atoms with van der Waals surface area (Å²) in [5.41, 5.74) is -0.328. The number of ether oxygens (including phenoxy) is 2. The van der Waals surface area contributed by atoms with Gasteiger partial charge in [0.1, 0.15) is 21.2 Å². The molecule has 1 saturated carbocycles. The van der Waals surface area contributed by atoms with Gasteiger partial charge in [0.2, 0.25) is 0 Å². The molecule has 0 aromatic carbocycles. The fourth-order valence-electron chi connectivity index (χ4n) is 0.598. The molecule has 0 aliphatic heterocycles. The number of aliphatic hydroxyl groups excluding tert-OH is 1. The summed E-state index contributed by atoms with van der Waals surface area (Å²) in [5, 5.41) is 7.57. The molecule has 0 amide bonds. The molecule has 30 heavy (non-hydrogen) atoms. The standard InChI is InChI=1S/C6H12O2.C4H8.C3H6O.C2H5Cl.C2H6O2S.2C2H6O/c1-5(7)8-6(2,3)4;1-4-2-3-4;1-3(2)4;1-2-3;1-5(2,3)4;1-3-2;1-2-3/h1-4H3;4H,2-3H2,1H3;1-2H3;2H2,1H3;1-2H3;1-2H3;3H,2H2,1H3. The Bertz CT molecular complexity index is 424. The average molecular weight is 481 g/mol. The zero-order valence-corrected chi connectivity index (χ0v) is 23.2. The molecule has 0 atom stereocenters. The van der Waals surface area contributed by atoms with Gasteiger partial charge < -0.3 is 19.4 Å². The molecule has 1 rings (SSSR count). The number of hydrogen-bond donors (Lipinski definition) is 1. The van der Waals surface area contributed by atoms with Gasteiger partial charge in [0.15, 0.2) is 0 Å². The summed E-state index contributed by atoms with van der Waals surface area (Å²) in [7, 11) is 0.583. The van der Waals surface area contributed by atoms with Crippen molar-refractivity contribution in [3.8, 4) is 0 Å². The number of Topliss-reactive ketones (excluding diaryl/α,β-unsaturated/α-hetero) is 1. The van der Waals surface area contributed by atoms with Crippen LogP contribution in [-0.2, 0) is 28.9 Å². The first-order valence-corrected chi connectivity index (χ1v) is 12.5. The molecule has 0 aromatic heterocycles. The number of hydrogen-bond acceptors (Lipinski definition) is 7. The van der Waals surface area contributed by atoms with Crippen molar-refractivity contribution in [3.05, 3.63) is 0 Å². The maximum absolute atomic E-state index is 10.2. The Morgan fingerprint density at radius 3 is 1.17 bits per heavy atom. The molecule has 0 heterocycles. The third-order valence-electron chi connectivity index (χ3n) is 1.32. The molecule has 0 saturated heterocycles. The largest absolute Gasteiger partial charge is 0.460 e. The minimum absolute atomic E-state index is 0.167. The van der Waals surface area contributed by atoms with Crippen molar-refractivity contribution in [1.82, 2.24) is 0 Å². The zero-order valence-electron chi connectivity index (χ0n) is 21.6. The Morgan fingerprint density at radius 1 is 1.03 bits per heavy atom. The number of alkyl halides is 1. The van der Waals surface area contributed by atoms with Crippen LogP contribution in [0.15, 0.2) is 0 Å². The van der Waals surface area contributed by atoms with E-state index in [4.69, 9.17) is 21.4 Å². The van der Waals surface area contributed by atoms with Gasteiger partial charge in [0.05, 0.1) is 0 Å². The van der Waals surface area contributed by atoms with E-state index in [9.17, 15) is 18.0 Å². The number of carbonyl (C=O) groups is 2. The molecular formula is C21H49ClO7S. The Morgan fingerprint density at radius 2 is 1.17 bits per heavy atom. The highest BCUT2D eigenvalue weighted by atomic mass is 35.5. The third kappa shape index (κ3) is 354. The van der Waals surface area contributed by atoms with Crippen LogP contribution in [0, 0.1) is 5.92 Å². The van der Waals surface area contributed by atoms with E-state index in [1.807, 2.05) is 27.7 Å². The van der Waals surface area contributed by atoms with Crippen molar-refractivity contribution in [2.24, 2.45) is 5.92 Å². The quantitative estimate of drug-likeness (QED) is 0.401. The molecular weight excluding hydrogens is 432 g/mol. The second-order valence-electron chi connectivity index (χ2n) is 7.43. The predicted octanol–water partition coefficient (Wildman–Crippen LogP) is 4.53. The van der Waals surface area contributed by atoms with E-state index < -0.39 is 9.84 Å². The van der Waals surface area contributed by atoms with Crippen molar-refractivity contribution in [2.75, 3.05) is 39.2 Å². The van der Waals surface area contributed by atoms with E-state index in [0.717, 1.165) is 24.3 Å². The van der Waals surface area contributed by atoms with E-state index >= 15 is 0 Å². The summed E-state index contributed by atoms with van der Waals surface area (Å²) in [6.07, 6.45) is 5.29. The van der Waals surface area contributed by atoms with Crippen LogP contribution in [-0.4, -0.2) is 70.1 Å². The van der Waals surface area contributed by atoms with Gasteiger partial charge in [-0.25, -0.2) is 8.42 Å². The molecule has 9 heteroatoms. The lowest BCUT2D eigenvalue weighted by Crippen LogP contribution is -2.21. The number of methoxy groups -OCH3 is 1. The molecule has 7 nitrogen and oxygen atoms in total. The average Bonchev–Trinajstić information content (AvgIpc) is 3.19. The summed E-state index contributed by atoms with van der Waals surface area (Å²) in [5.74, 6) is 1.75. The number of esters is 1. The summed E-state index contributed by atoms with van der Waals surface area (Å²) in [6, 6.07) is 0. The molecule has 0 unspecified atom stereocenters. The van der Waals surface area contributed by atoms with E-state index in [-0.39, 0.29) is 24.0 Å². The lowest BCUT2D eigenvalue weighted by molar-refractivity contribution is -0.151. The molecule has 0 aromatic rings. The van der Waals surface area contributed by atoms with Gasteiger partial charge in [-0.2, -0.15) is 0 Å². The summed E-state index contributed by atoms with van der Waals surface area (Å²) < 4.78 is 28.3. The lowest BCUT2D eigenvalue weighted by Gasteiger charge is -2.17. The first-order chi connectivity index (χ1) is 13.3. The van der Waals surface area contributed by atoms with Crippen LogP contribution in [0.3, 0.4) is 0 Å². The SMILES string of the molecule is CC(=O)OC(C)(C)C.CC(C)=O.CC1CC1.CCCl.CCO.COC.CS(C)(=O)=O. The van der Waals surface area contributed by atoms with Crippen LogP contribution in [0.25, 0.3) is 0 Å². The summed E-state index contributed by atoms with van der Waals surface area (Å²) >= 11 is 5.00. The highest BCUT2D eigenvalue weighted by Crippen LogP contribution is 2.26. The van der Waals surface area contributed by atoms with Gasteiger partial charge in [-0.15, -0.1) is 11.6 Å². The highest BCUT2D eigenvalue weighted by Gasteiger charge is 2.12. The minimum atomic E-state index is -2.67. The van der Waals surface area contributed by atoms with E-state index in [2.05, 4.69) is 11.7 Å². The van der Waals surface area contributed by atoms with E-state index in [1.165, 1.54) is 33.6 Å². The van der Waals surface area contributed by atoms with Crippen molar-refractivity contribution in [2.45, 2.75) is 80.8 Å². The van der Waals surface area contributed by atoms with Gasteiger partial charge in [0.25, 0.3) is 0 Å². The lowest BCUT2D eigenvalue weighted by atomic mass is 10.2. The van der Waals surface area contributed by atoms with Crippen LogP contribution in [0.4, 0.5) is 0 Å². The van der Waals surface area contributed by atoms with Crippen LogP contribution in [0.1, 0.15) is 75.2 Å². The van der Waals surface area contributed by atoms with Crippen LogP contribution >= 0.6 is 11.6 Å². The van der Waals surface area contributed by atoms with Crippen molar-refractivity contribution in [1.29, 1.82) is 0 Å². The highest BCUT2D eigenvalue weighted by molar-refractivity contribution is 7.89. The Kier molecular flexibility index (Phi) is 43.9. The number of ketones is 1. The van der Waals surface area contributed by atoms with Crippen molar-refractivity contribution < 1.29 is 32.6 Å². The van der Waals surface area contributed by atoms with Crippen LogP contribution in [0.2, 0.25) is 0 Å². The maximum atomic E-state index is 10.2. The van der Waals surface area contributed by atoms with Crippen molar-refractivity contribution in [3.63, 3.8) is 0 Å². The fourth-order valence-corrected chi connectivity index (χ4v) is 0.598. The van der Waals surface area contributed by atoms with E-state index in [1.54, 1.807) is 21.1 Å². The summed E-state index contributed by atoms with van der Waals surface area (Å²) in [6.45, 7) is 16.1. The van der Waals surface area contributed by atoms with Crippen LogP contribution in [0.5, 0.6) is 0 Å². The van der Waals surface area contributed by atoms with Gasteiger partial charge in [-0.05, 0) is 47.5 Å². The summed E-state index contributed by atoms with van der Waals surface area (Å²) in [4.78, 5) is 19.7. The fraction of sp³-hybridized carbons (Fsp3) is 0.905. The third-order valence-corrected chi connectivity index (χ3v) is 1.32. The smallest absolute Gasteiger partial charge is 0.303 e.